The van der Waals surface area contributed by atoms with Gasteiger partial charge in [0.15, 0.2) is 5.78 Å². The highest BCUT2D eigenvalue weighted by molar-refractivity contribution is 6.00. The largest absolute Gasteiger partial charge is 0.326 e. The molecule has 0 bridgehead atoms. The predicted octanol–water partition coefficient (Wildman–Crippen LogP) is 3.66. The molecule has 0 radical (unpaired) electrons. The zero-order valence-corrected chi connectivity index (χ0v) is 15.8. The van der Waals surface area contributed by atoms with E-state index in [1.54, 1.807) is 30.3 Å². The molecule has 28 heavy (non-hydrogen) atoms. The second kappa shape index (κ2) is 8.43. The second-order valence-corrected chi connectivity index (χ2v) is 6.66. The number of anilines is 1. The molecule has 3 rings (SSSR count). The Hall–Kier alpha value is -3.54. The van der Waals surface area contributed by atoms with Gasteiger partial charge < -0.3 is 5.32 Å². The Labute approximate surface area is 162 Å². The fraction of sp³-hybridized carbons (Fsp3) is 0.182. The number of H-pyrrole nitrogens is 1. The molecule has 6 heteroatoms. The molecule has 0 aliphatic rings. The molecule has 0 aliphatic carbocycles. The number of carbonyl (C=O) groups excluding carboxylic acids is 2. The number of carbonyl (C=O) groups is 2. The molecule has 3 aromatic rings. The molecule has 6 nitrogen and oxygen atoms in total. The Kier molecular flexibility index (Phi) is 5.79. The lowest BCUT2D eigenvalue weighted by Gasteiger charge is -2.08. The second-order valence-electron chi connectivity index (χ2n) is 6.66. The van der Waals surface area contributed by atoms with Gasteiger partial charge in [0.2, 0.25) is 5.91 Å². The van der Waals surface area contributed by atoms with Crippen LogP contribution in [0.2, 0.25) is 0 Å². The summed E-state index contributed by atoms with van der Waals surface area (Å²) in [7, 11) is 0. The van der Waals surface area contributed by atoms with E-state index >= 15 is 0 Å². The van der Waals surface area contributed by atoms with Gasteiger partial charge in [0.25, 0.3) is 5.56 Å². The zero-order chi connectivity index (χ0) is 20.1. The van der Waals surface area contributed by atoms with E-state index < -0.39 is 0 Å². The van der Waals surface area contributed by atoms with Crippen LogP contribution < -0.4 is 10.9 Å². The summed E-state index contributed by atoms with van der Waals surface area (Å²) in [6.45, 7) is 3.96. The van der Waals surface area contributed by atoms with Crippen LogP contribution in [-0.2, 0) is 4.79 Å². The minimum Gasteiger partial charge on any atom is -0.326 e. The van der Waals surface area contributed by atoms with Crippen LogP contribution in [0.25, 0.3) is 11.3 Å². The highest BCUT2D eigenvalue weighted by Crippen LogP contribution is 2.20. The Morgan fingerprint density at radius 2 is 1.79 bits per heavy atom. The van der Waals surface area contributed by atoms with Gasteiger partial charge in [0.05, 0.1) is 5.69 Å². The third kappa shape index (κ3) is 4.79. The number of aryl methyl sites for hydroxylation is 2. The smallest absolute Gasteiger partial charge is 0.264 e. The predicted molar refractivity (Wildman–Crippen MR) is 108 cm³/mol. The quantitative estimate of drug-likeness (QED) is 0.643. The van der Waals surface area contributed by atoms with Crippen LogP contribution in [0.3, 0.4) is 0 Å². The SMILES string of the molecule is Cc1ccc(C(=O)CCC(=O)Nc2cccc(-c3ccc(=O)[nH]n3)c2)cc1C. The molecule has 0 atom stereocenters. The van der Waals surface area contributed by atoms with Crippen LogP contribution in [0.1, 0.15) is 34.3 Å². The van der Waals surface area contributed by atoms with Gasteiger partial charge in [-0.15, -0.1) is 0 Å². The fourth-order valence-electron chi connectivity index (χ4n) is 2.77. The van der Waals surface area contributed by atoms with Gasteiger partial charge in [-0.1, -0.05) is 24.3 Å². The standard InChI is InChI=1S/C22H21N3O3/c1-14-6-7-17(12-15(14)2)20(26)9-11-21(27)23-18-5-3-4-16(13-18)19-8-10-22(28)25-24-19/h3-8,10,12-13H,9,11H2,1-2H3,(H,23,27)(H,25,28). The van der Waals surface area contributed by atoms with Gasteiger partial charge in [-0.05, 0) is 49.2 Å². The first kappa shape index (κ1) is 19.2. The number of nitrogens with one attached hydrogen (secondary N) is 2. The van der Waals surface area contributed by atoms with Crippen molar-refractivity contribution in [3.05, 3.63) is 81.6 Å². The average Bonchev–Trinajstić information content (AvgIpc) is 2.69. The lowest BCUT2D eigenvalue weighted by Crippen LogP contribution is -2.13. The Bertz CT molecular complexity index is 1070. The number of hydrogen-bond donors (Lipinski definition) is 2. The molecule has 1 amide bonds. The molecular weight excluding hydrogens is 354 g/mol. The molecule has 0 saturated heterocycles. The number of benzene rings is 2. The molecule has 0 fully saturated rings. The van der Waals surface area contributed by atoms with Crippen LogP contribution in [0.15, 0.2) is 59.4 Å². The molecule has 0 aliphatic heterocycles. The van der Waals surface area contributed by atoms with Crippen LogP contribution in [0, 0.1) is 13.8 Å². The van der Waals surface area contributed by atoms with Crippen molar-refractivity contribution in [3.63, 3.8) is 0 Å². The van der Waals surface area contributed by atoms with E-state index in [1.165, 1.54) is 6.07 Å². The van der Waals surface area contributed by atoms with Crippen molar-refractivity contribution in [2.75, 3.05) is 5.32 Å². The van der Waals surface area contributed by atoms with E-state index in [4.69, 9.17) is 0 Å². The number of aromatic amines is 1. The summed E-state index contributed by atoms with van der Waals surface area (Å²) >= 11 is 0. The molecule has 142 valence electrons. The van der Waals surface area contributed by atoms with Crippen LogP contribution >= 0.6 is 0 Å². The van der Waals surface area contributed by atoms with E-state index in [0.717, 1.165) is 16.7 Å². The Morgan fingerprint density at radius 1 is 0.964 bits per heavy atom. The van der Waals surface area contributed by atoms with Crippen molar-refractivity contribution in [1.29, 1.82) is 0 Å². The van der Waals surface area contributed by atoms with Crippen LogP contribution in [0.4, 0.5) is 5.69 Å². The zero-order valence-electron chi connectivity index (χ0n) is 15.8. The van der Waals surface area contributed by atoms with Crippen molar-refractivity contribution >= 4 is 17.4 Å². The number of amides is 1. The third-order valence-electron chi connectivity index (χ3n) is 4.53. The van der Waals surface area contributed by atoms with Crippen molar-refractivity contribution in [1.82, 2.24) is 10.2 Å². The fourth-order valence-corrected chi connectivity index (χ4v) is 2.77. The van der Waals surface area contributed by atoms with Crippen molar-refractivity contribution in [3.8, 4) is 11.3 Å². The number of nitrogens with zero attached hydrogens (tertiary/aromatic N) is 1. The van der Waals surface area contributed by atoms with Crippen LogP contribution in [-0.4, -0.2) is 21.9 Å². The van der Waals surface area contributed by atoms with Gasteiger partial charge in [0, 0.05) is 35.7 Å². The maximum atomic E-state index is 12.3. The first-order chi connectivity index (χ1) is 13.4. The molecule has 1 aromatic heterocycles. The summed E-state index contributed by atoms with van der Waals surface area (Å²) in [6, 6.07) is 15.7. The van der Waals surface area contributed by atoms with Gasteiger partial charge in [0.1, 0.15) is 0 Å². The maximum Gasteiger partial charge on any atom is 0.264 e. The van der Waals surface area contributed by atoms with Crippen molar-refractivity contribution in [2.24, 2.45) is 0 Å². The minimum atomic E-state index is -0.276. The van der Waals surface area contributed by atoms with E-state index in [-0.39, 0.29) is 30.1 Å². The van der Waals surface area contributed by atoms with E-state index in [2.05, 4.69) is 15.5 Å². The summed E-state index contributed by atoms with van der Waals surface area (Å²) in [6.07, 6.45) is 0.252. The number of rotatable bonds is 6. The van der Waals surface area contributed by atoms with Gasteiger partial charge in [-0.3, -0.25) is 14.4 Å². The lowest BCUT2D eigenvalue weighted by atomic mass is 10.0. The molecule has 0 saturated carbocycles. The first-order valence-corrected chi connectivity index (χ1v) is 8.99. The summed E-state index contributed by atoms with van der Waals surface area (Å²) in [5, 5.41) is 9.16. The van der Waals surface area contributed by atoms with Crippen molar-refractivity contribution in [2.45, 2.75) is 26.7 Å². The Morgan fingerprint density at radius 3 is 2.50 bits per heavy atom. The summed E-state index contributed by atoms with van der Waals surface area (Å²) in [4.78, 5) is 35.7. The minimum absolute atomic E-state index is 0.0514. The maximum absolute atomic E-state index is 12.3. The van der Waals surface area contributed by atoms with E-state index in [9.17, 15) is 14.4 Å². The van der Waals surface area contributed by atoms with E-state index in [1.807, 2.05) is 32.0 Å². The van der Waals surface area contributed by atoms with Gasteiger partial charge >= 0.3 is 0 Å². The molecule has 2 aromatic carbocycles. The highest BCUT2D eigenvalue weighted by atomic mass is 16.2. The Balaban J connectivity index is 1.61. The number of ketones is 1. The summed E-state index contributed by atoms with van der Waals surface area (Å²) in [5.41, 5.74) is 4.51. The van der Waals surface area contributed by atoms with Crippen molar-refractivity contribution < 1.29 is 9.59 Å². The number of hydrogen-bond acceptors (Lipinski definition) is 4. The lowest BCUT2D eigenvalue weighted by molar-refractivity contribution is -0.116. The average molecular weight is 375 g/mol. The number of Topliss-reactive ketones (excluding diaryl/α,β-unsaturated/α-hetero) is 1. The highest BCUT2D eigenvalue weighted by Gasteiger charge is 2.11. The molecule has 0 unspecified atom stereocenters. The first-order valence-electron chi connectivity index (χ1n) is 8.99. The van der Waals surface area contributed by atoms with E-state index in [0.29, 0.717) is 16.9 Å². The monoisotopic (exact) mass is 375 g/mol. The topological polar surface area (TPSA) is 91.9 Å². The van der Waals surface area contributed by atoms with Gasteiger partial charge in [-0.2, -0.15) is 5.10 Å². The molecular formula is C22H21N3O3. The number of aromatic nitrogens is 2. The van der Waals surface area contributed by atoms with Crippen LogP contribution in [0.5, 0.6) is 0 Å². The summed E-state index contributed by atoms with van der Waals surface area (Å²) < 4.78 is 0. The third-order valence-corrected chi connectivity index (χ3v) is 4.53. The van der Waals surface area contributed by atoms with Gasteiger partial charge in [-0.25, -0.2) is 5.10 Å². The normalized spacial score (nSPS) is 10.5. The molecule has 2 N–H and O–H groups in total. The molecule has 0 spiro atoms. The molecule has 1 heterocycles. The summed E-state index contributed by atoms with van der Waals surface area (Å²) in [5.74, 6) is -0.284.